The summed E-state index contributed by atoms with van der Waals surface area (Å²) in [6.07, 6.45) is 3.34. The Morgan fingerprint density at radius 3 is 2.28 bits per heavy atom. The fourth-order valence-corrected chi connectivity index (χ4v) is 11.4. The summed E-state index contributed by atoms with van der Waals surface area (Å²) in [6.45, 7) is 10.2. The van der Waals surface area contributed by atoms with Gasteiger partial charge < -0.3 is 75.2 Å². The fourth-order valence-electron chi connectivity index (χ4n) is 11.1. The summed E-state index contributed by atoms with van der Waals surface area (Å²) >= 11 is 6.84. The molecule has 8 N–H and O–H groups in total. The molecule has 0 saturated carbocycles. The zero-order chi connectivity index (χ0) is 69.4. The van der Waals surface area contributed by atoms with Crippen molar-refractivity contribution in [1.29, 1.82) is 0 Å². The van der Waals surface area contributed by atoms with Crippen LogP contribution in [0.2, 0.25) is 5.02 Å². The highest BCUT2D eigenvalue weighted by molar-refractivity contribution is 6.35. The molecule has 11 amide bonds. The van der Waals surface area contributed by atoms with Crippen molar-refractivity contribution in [3.63, 3.8) is 0 Å². The van der Waals surface area contributed by atoms with Crippen LogP contribution in [0.5, 0.6) is 5.75 Å². The number of alkyl carbamates (subject to hydrolysis) is 1. The van der Waals surface area contributed by atoms with E-state index in [1.54, 1.807) is 76.2 Å². The molecule has 0 aromatic heterocycles. The highest BCUT2D eigenvalue weighted by Gasteiger charge is 2.64. The number of methoxy groups -OCH3 is 2. The Kier molecular flexibility index (Phi) is 26.5. The van der Waals surface area contributed by atoms with Gasteiger partial charge in [-0.1, -0.05) is 74.7 Å². The number of nitrogens with zero attached hydrogens (tertiary/aromatic N) is 4. The van der Waals surface area contributed by atoms with Crippen LogP contribution >= 0.6 is 11.6 Å². The number of aliphatic hydroxyl groups is 1. The van der Waals surface area contributed by atoms with Gasteiger partial charge in [0.15, 0.2) is 5.72 Å². The number of rotatable bonds is 26. The van der Waals surface area contributed by atoms with Gasteiger partial charge in [0, 0.05) is 90.9 Å². The van der Waals surface area contributed by atoms with E-state index in [1.165, 1.54) is 64.2 Å². The lowest BCUT2D eigenvalue weighted by Gasteiger charge is -2.42. The smallest absolute Gasteiger partial charge is 0.409 e. The highest BCUT2D eigenvalue weighted by Crippen LogP contribution is 2.49. The van der Waals surface area contributed by atoms with Crippen LogP contribution in [0.15, 0.2) is 72.4 Å². The molecule has 0 aliphatic carbocycles. The van der Waals surface area contributed by atoms with Crippen molar-refractivity contribution in [3.05, 3.63) is 88.5 Å². The van der Waals surface area contributed by atoms with Gasteiger partial charge in [0.2, 0.25) is 29.5 Å². The number of fused-ring (bicyclic) bond motifs is 5. The normalized spacial score (nSPS) is 23.8. The average molecular weight is 1330 g/mol. The molecule has 94 heavy (non-hydrogen) atoms. The molecule has 4 bridgehead atoms. The molecule has 10 atom stereocenters. The zero-order valence-corrected chi connectivity index (χ0v) is 55.8. The van der Waals surface area contributed by atoms with Gasteiger partial charge in [0.1, 0.15) is 59.4 Å². The third-order valence-electron chi connectivity index (χ3n) is 17.1. The molecule has 2 saturated heterocycles. The second-order valence-electron chi connectivity index (χ2n) is 24.6. The molecule has 1 unspecified atom stereocenters. The number of benzene rings is 2. The molecule has 0 radical (unpaired) electrons. The van der Waals surface area contributed by atoms with Crippen molar-refractivity contribution in [2.75, 3.05) is 65.2 Å². The maximum absolute atomic E-state index is 14.5. The van der Waals surface area contributed by atoms with Gasteiger partial charge in [0.25, 0.3) is 11.8 Å². The quantitative estimate of drug-likeness (QED) is 0.0221. The average Bonchev–Trinajstić information content (AvgIpc) is 1.58. The minimum Gasteiger partial charge on any atom is -0.495 e. The molecular weight excluding hydrogens is 1240 g/mol. The summed E-state index contributed by atoms with van der Waals surface area (Å²) in [6, 6.07) is 5.70. The number of likely N-dealkylation sites (N-methyl/N-ethyl adjacent to an activating group) is 1. The van der Waals surface area contributed by atoms with Gasteiger partial charge in [-0.15, -0.1) is 0 Å². The molecule has 29 heteroatoms. The molecule has 2 fully saturated rings. The summed E-state index contributed by atoms with van der Waals surface area (Å²) in [4.78, 5) is 149. The Balaban J connectivity index is 1.03. The number of anilines is 2. The van der Waals surface area contributed by atoms with E-state index in [2.05, 4.69) is 26.6 Å². The van der Waals surface area contributed by atoms with E-state index in [9.17, 15) is 57.8 Å². The molecule has 0 spiro atoms. The summed E-state index contributed by atoms with van der Waals surface area (Å²) in [5.74, 6) is -5.03. The molecule has 2 aromatic rings. The SMILES string of the molecule is COc1cc2cc(c1Cl)N(C)C(=O)C[C@@H](OC(=O)[C@H](C)N(C)C(=O)CCN(C)C(=O)OCc1ccc(NC(=O)[C@@H](CCCNC(N)=O)NC(=O)C(NC(=O)CCCCCN3C(=O)C=CC3=O)C(C)C)cc1)[C@]1(C)O[C@H]1[C@H](C)[C@@H]1C[C@](O)(NC(=O)O1)[C@H](OC)/C=C/C=C(\C)C2. The van der Waals surface area contributed by atoms with Crippen LogP contribution in [0, 0.1) is 11.8 Å². The van der Waals surface area contributed by atoms with Crippen LogP contribution in [0.1, 0.15) is 110 Å². The first-order valence-electron chi connectivity index (χ1n) is 31.2. The number of esters is 1. The van der Waals surface area contributed by atoms with E-state index < -0.39 is 120 Å². The number of epoxide rings is 1. The fraction of sp³-hybridized carbons (Fsp3) is 0.554. The van der Waals surface area contributed by atoms with Crippen LogP contribution in [0.4, 0.5) is 25.8 Å². The summed E-state index contributed by atoms with van der Waals surface area (Å²) in [7, 11) is 7.19. The van der Waals surface area contributed by atoms with Crippen LogP contribution in [-0.4, -0.2) is 194 Å². The van der Waals surface area contributed by atoms with E-state index in [4.69, 9.17) is 45.8 Å². The second kappa shape index (κ2) is 33.5. The number of imide groups is 1. The Hall–Kier alpha value is -8.60. The minimum absolute atomic E-state index is 0.0780. The van der Waals surface area contributed by atoms with Crippen LogP contribution in [-0.2, 0) is 75.1 Å². The maximum atomic E-state index is 14.5. The number of hydrogen-bond acceptors (Lipinski definition) is 18. The van der Waals surface area contributed by atoms with E-state index in [1.807, 2.05) is 13.0 Å². The molecule has 4 aliphatic rings. The van der Waals surface area contributed by atoms with Gasteiger partial charge in [0.05, 0.1) is 25.3 Å². The first kappa shape index (κ1) is 74.4. The van der Waals surface area contributed by atoms with E-state index in [0.717, 1.165) is 20.9 Å². The van der Waals surface area contributed by atoms with E-state index in [0.29, 0.717) is 48.4 Å². The molecule has 4 heterocycles. The number of hydrogen-bond donors (Lipinski definition) is 7. The largest absolute Gasteiger partial charge is 0.495 e. The van der Waals surface area contributed by atoms with Crippen molar-refractivity contribution >= 4 is 88.5 Å². The Morgan fingerprint density at radius 1 is 0.936 bits per heavy atom. The maximum Gasteiger partial charge on any atom is 0.409 e. The zero-order valence-electron chi connectivity index (χ0n) is 55.1. The first-order valence-corrected chi connectivity index (χ1v) is 31.6. The monoisotopic (exact) mass is 1330 g/mol. The Bertz CT molecular complexity index is 3220. The van der Waals surface area contributed by atoms with Crippen molar-refractivity contribution in [2.24, 2.45) is 17.6 Å². The highest BCUT2D eigenvalue weighted by atomic mass is 35.5. The number of unbranched alkanes of at least 4 members (excludes halogenated alkanes) is 2. The number of nitrogens with one attached hydrogen (secondary N) is 5. The summed E-state index contributed by atoms with van der Waals surface area (Å²) in [5, 5.41) is 25.3. The number of carbonyl (C=O) groups excluding carboxylic acids is 11. The Labute approximate surface area is 551 Å². The van der Waals surface area contributed by atoms with Crippen LogP contribution in [0.3, 0.4) is 0 Å². The number of primary amides is 1. The van der Waals surface area contributed by atoms with Gasteiger partial charge in [-0.05, 0) is 94.2 Å². The topological polar surface area (TPSA) is 366 Å². The van der Waals surface area contributed by atoms with E-state index >= 15 is 0 Å². The number of carbonyl (C=O) groups is 11. The first-order chi connectivity index (χ1) is 44.4. The molecular formula is C65H89ClN10O18. The van der Waals surface area contributed by atoms with Gasteiger partial charge in [-0.3, -0.25) is 43.8 Å². The standard InChI is InChI=1S/C65H89ClN10O18/c1-37(2)56(71-50(77)20-13-12-14-29-76-52(79)25-26-53(76)80)59(83)70-44(18-16-28-68-61(67)85)58(82)69-43-23-21-41(22-24-43)36-91-63(87)73(7)30-27-51(78)74(8)40(5)60(84)93-49-34-54(81)75(9)45-32-42(33-46(89-10)55(45)66)31-38(3)17-15-19-48(90-11)65(88)35-47(92-62(86)72-65)39(4)57-64(49,6)94-57/h15,17,19,21-26,32-33,37,39-40,44,47-49,56-57,88H,12-14,16,18,20,27-31,34-36H2,1-11H3,(H,69,82)(H,70,83)(H,71,77)(H,72,86)(H3,67,68,85)/b19-15+,38-17+/t39-,40+,44-,47+,48-,49-,56?,57+,64+,65-/m1/s1. The number of nitrogens with two attached hydrogens (primary N) is 1. The lowest BCUT2D eigenvalue weighted by Crippen LogP contribution is -2.63. The van der Waals surface area contributed by atoms with Crippen molar-refractivity contribution in [2.45, 2.75) is 166 Å². The molecule has 514 valence electrons. The van der Waals surface area contributed by atoms with Gasteiger partial charge >= 0.3 is 24.2 Å². The van der Waals surface area contributed by atoms with Crippen molar-refractivity contribution in [3.8, 4) is 5.75 Å². The number of ether oxygens (including phenoxy) is 6. The third kappa shape index (κ3) is 20.0. The lowest BCUT2D eigenvalue weighted by atomic mass is 9.83. The van der Waals surface area contributed by atoms with E-state index in [-0.39, 0.29) is 81.1 Å². The lowest BCUT2D eigenvalue weighted by molar-refractivity contribution is -0.162. The minimum atomic E-state index is -1.91. The summed E-state index contributed by atoms with van der Waals surface area (Å²) in [5.41, 5.74) is 4.74. The molecule has 28 nitrogen and oxygen atoms in total. The van der Waals surface area contributed by atoms with Crippen molar-refractivity contribution < 1.29 is 86.3 Å². The van der Waals surface area contributed by atoms with Gasteiger partial charge in [-0.25, -0.2) is 19.2 Å². The molecule has 2 aromatic carbocycles. The predicted octanol–water partition coefficient (Wildman–Crippen LogP) is 4.67. The van der Waals surface area contributed by atoms with Crippen LogP contribution < -0.4 is 42.0 Å². The third-order valence-corrected chi connectivity index (χ3v) is 17.5. The van der Waals surface area contributed by atoms with Crippen molar-refractivity contribution in [1.82, 2.24) is 36.0 Å². The number of urea groups is 1. The summed E-state index contributed by atoms with van der Waals surface area (Å²) < 4.78 is 35.0. The number of halogens is 1. The number of amides is 11. The molecule has 4 aliphatic heterocycles. The molecule has 6 rings (SSSR count). The van der Waals surface area contributed by atoms with Crippen LogP contribution in [0.25, 0.3) is 0 Å². The predicted molar refractivity (Wildman–Crippen MR) is 343 cm³/mol. The number of allylic oxidation sites excluding steroid dienone is 3. The van der Waals surface area contributed by atoms with Gasteiger partial charge in [-0.2, -0.15) is 0 Å². The second-order valence-corrected chi connectivity index (χ2v) is 24.9. The Morgan fingerprint density at radius 2 is 1.63 bits per heavy atom.